The van der Waals surface area contributed by atoms with Crippen molar-refractivity contribution in [3.05, 3.63) is 35.6 Å². The van der Waals surface area contributed by atoms with E-state index in [2.05, 4.69) is 4.74 Å². The number of carbonyl (C=O) groups excluding carboxylic acids is 1. The van der Waals surface area contributed by atoms with Crippen molar-refractivity contribution in [3.63, 3.8) is 0 Å². The van der Waals surface area contributed by atoms with Crippen LogP contribution in [0.4, 0.5) is 4.39 Å². The molecule has 0 unspecified atom stereocenters. The van der Waals surface area contributed by atoms with E-state index < -0.39 is 17.9 Å². The van der Waals surface area contributed by atoms with Gasteiger partial charge in [-0.25, -0.2) is 9.18 Å². The third-order valence-electron chi connectivity index (χ3n) is 1.84. The average molecular weight is 198 g/mol. The predicted molar refractivity (Wildman–Crippen MR) is 48.2 cm³/mol. The van der Waals surface area contributed by atoms with Crippen LogP contribution in [0.2, 0.25) is 0 Å². The fourth-order valence-electron chi connectivity index (χ4n) is 1.14. The Labute approximate surface area is 81.4 Å². The lowest BCUT2D eigenvalue weighted by molar-refractivity contribution is -0.152. The molecule has 1 rings (SSSR count). The number of hydrogen-bond acceptors (Lipinski definition) is 3. The Morgan fingerprint density at radius 1 is 1.36 bits per heavy atom. The van der Waals surface area contributed by atoms with Crippen molar-refractivity contribution in [2.45, 2.75) is 6.10 Å². The molecule has 14 heavy (non-hydrogen) atoms. The van der Waals surface area contributed by atoms with E-state index in [1.807, 2.05) is 0 Å². The van der Waals surface area contributed by atoms with Crippen molar-refractivity contribution in [3.8, 4) is 0 Å². The number of hydrogen-bond donors (Lipinski definition) is 0. The summed E-state index contributed by atoms with van der Waals surface area (Å²) in [6.07, 6.45) is -0.999. The van der Waals surface area contributed by atoms with Gasteiger partial charge in [0, 0.05) is 12.7 Å². The Balaban J connectivity index is 3.01. The smallest absolute Gasteiger partial charge is 0.339 e. The SMILES string of the molecule is COC(=O)[C@H](OC)c1ccccc1F. The fraction of sp³-hybridized carbons (Fsp3) is 0.300. The normalized spacial score (nSPS) is 12.2. The molecule has 1 aromatic carbocycles. The van der Waals surface area contributed by atoms with Crippen LogP contribution in [0.25, 0.3) is 0 Å². The van der Waals surface area contributed by atoms with Crippen molar-refractivity contribution in [1.82, 2.24) is 0 Å². The summed E-state index contributed by atoms with van der Waals surface area (Å²) in [6.45, 7) is 0. The van der Waals surface area contributed by atoms with Crippen LogP contribution in [0.1, 0.15) is 11.7 Å². The van der Waals surface area contributed by atoms with Crippen LogP contribution < -0.4 is 0 Å². The summed E-state index contributed by atoms with van der Waals surface area (Å²) in [5, 5.41) is 0. The minimum atomic E-state index is -0.999. The van der Waals surface area contributed by atoms with E-state index in [1.54, 1.807) is 12.1 Å². The van der Waals surface area contributed by atoms with E-state index in [9.17, 15) is 9.18 Å². The summed E-state index contributed by atoms with van der Waals surface area (Å²) in [7, 11) is 2.56. The largest absolute Gasteiger partial charge is 0.467 e. The van der Waals surface area contributed by atoms with Crippen molar-refractivity contribution >= 4 is 5.97 Å². The van der Waals surface area contributed by atoms with Gasteiger partial charge in [0.15, 0.2) is 6.10 Å². The Morgan fingerprint density at radius 3 is 2.50 bits per heavy atom. The van der Waals surface area contributed by atoms with Gasteiger partial charge in [-0.05, 0) is 6.07 Å². The Morgan fingerprint density at radius 2 is 2.00 bits per heavy atom. The monoisotopic (exact) mass is 198 g/mol. The minimum Gasteiger partial charge on any atom is -0.467 e. The third kappa shape index (κ3) is 2.09. The third-order valence-corrected chi connectivity index (χ3v) is 1.84. The van der Waals surface area contributed by atoms with Gasteiger partial charge >= 0.3 is 5.97 Å². The highest BCUT2D eigenvalue weighted by atomic mass is 19.1. The summed E-state index contributed by atoms with van der Waals surface area (Å²) >= 11 is 0. The summed E-state index contributed by atoms with van der Waals surface area (Å²) in [6, 6.07) is 5.93. The molecule has 0 saturated carbocycles. The molecule has 1 atom stereocenters. The van der Waals surface area contributed by atoms with Gasteiger partial charge in [0.2, 0.25) is 0 Å². The van der Waals surface area contributed by atoms with Crippen LogP contribution in [-0.4, -0.2) is 20.2 Å². The highest BCUT2D eigenvalue weighted by molar-refractivity contribution is 5.76. The Bertz CT molecular complexity index is 325. The summed E-state index contributed by atoms with van der Waals surface area (Å²) in [5.74, 6) is -1.10. The summed E-state index contributed by atoms with van der Waals surface area (Å²) < 4.78 is 22.6. The molecule has 0 N–H and O–H groups in total. The zero-order valence-corrected chi connectivity index (χ0v) is 7.99. The maximum Gasteiger partial charge on any atom is 0.339 e. The molecule has 0 aliphatic rings. The van der Waals surface area contributed by atoms with Crippen LogP contribution in [0.3, 0.4) is 0 Å². The lowest BCUT2D eigenvalue weighted by atomic mass is 10.1. The van der Waals surface area contributed by atoms with Gasteiger partial charge in [0.05, 0.1) is 7.11 Å². The fourth-order valence-corrected chi connectivity index (χ4v) is 1.14. The molecule has 0 saturated heterocycles. The van der Waals surface area contributed by atoms with Crippen LogP contribution in [0.15, 0.2) is 24.3 Å². The van der Waals surface area contributed by atoms with E-state index in [1.165, 1.54) is 26.4 Å². The van der Waals surface area contributed by atoms with Gasteiger partial charge in [-0.3, -0.25) is 0 Å². The van der Waals surface area contributed by atoms with Gasteiger partial charge < -0.3 is 9.47 Å². The molecule has 0 radical (unpaired) electrons. The first-order valence-electron chi connectivity index (χ1n) is 4.05. The van der Waals surface area contributed by atoms with E-state index in [0.29, 0.717) is 0 Å². The number of benzene rings is 1. The van der Waals surface area contributed by atoms with Crippen LogP contribution in [0.5, 0.6) is 0 Å². The maximum absolute atomic E-state index is 13.2. The van der Waals surface area contributed by atoms with Crippen LogP contribution in [0, 0.1) is 5.82 Å². The van der Waals surface area contributed by atoms with E-state index in [4.69, 9.17) is 4.74 Å². The number of methoxy groups -OCH3 is 2. The zero-order chi connectivity index (χ0) is 10.6. The molecule has 0 bridgehead atoms. The summed E-state index contributed by atoms with van der Waals surface area (Å²) in [4.78, 5) is 11.2. The maximum atomic E-state index is 13.2. The Kier molecular flexibility index (Phi) is 3.59. The number of ether oxygens (including phenoxy) is 2. The quantitative estimate of drug-likeness (QED) is 0.693. The molecule has 4 heteroatoms. The molecule has 0 aliphatic carbocycles. The molecule has 0 heterocycles. The highest BCUT2D eigenvalue weighted by Crippen LogP contribution is 2.20. The molecule has 1 aromatic rings. The second-order valence-electron chi connectivity index (χ2n) is 2.66. The van der Waals surface area contributed by atoms with Crippen molar-refractivity contribution in [1.29, 1.82) is 0 Å². The number of halogens is 1. The standard InChI is InChI=1S/C10H11FO3/c1-13-9(10(12)14-2)7-5-3-4-6-8(7)11/h3-6,9H,1-2H3/t9-/m1/s1. The van der Waals surface area contributed by atoms with Crippen molar-refractivity contribution in [2.75, 3.05) is 14.2 Å². The van der Waals surface area contributed by atoms with Crippen molar-refractivity contribution in [2.24, 2.45) is 0 Å². The number of rotatable bonds is 3. The second-order valence-corrected chi connectivity index (χ2v) is 2.66. The second kappa shape index (κ2) is 4.72. The molecule has 0 aromatic heterocycles. The van der Waals surface area contributed by atoms with E-state index in [0.717, 1.165) is 0 Å². The highest BCUT2D eigenvalue weighted by Gasteiger charge is 2.23. The molecule has 0 fully saturated rings. The first-order chi connectivity index (χ1) is 6.70. The molecule has 0 amide bonds. The number of esters is 1. The lowest BCUT2D eigenvalue weighted by Crippen LogP contribution is -2.17. The molecule has 3 nitrogen and oxygen atoms in total. The van der Waals surface area contributed by atoms with Gasteiger partial charge in [0.25, 0.3) is 0 Å². The van der Waals surface area contributed by atoms with E-state index >= 15 is 0 Å². The molecular formula is C10H11FO3. The average Bonchev–Trinajstić information content (AvgIpc) is 2.21. The molecular weight excluding hydrogens is 187 g/mol. The lowest BCUT2D eigenvalue weighted by Gasteiger charge is -2.13. The van der Waals surface area contributed by atoms with Gasteiger partial charge in [-0.15, -0.1) is 0 Å². The topological polar surface area (TPSA) is 35.5 Å². The first kappa shape index (κ1) is 10.7. The van der Waals surface area contributed by atoms with Gasteiger partial charge in [-0.2, -0.15) is 0 Å². The molecule has 0 aliphatic heterocycles. The first-order valence-corrected chi connectivity index (χ1v) is 4.05. The number of carbonyl (C=O) groups is 1. The van der Waals surface area contributed by atoms with Crippen LogP contribution >= 0.6 is 0 Å². The van der Waals surface area contributed by atoms with Crippen molar-refractivity contribution < 1.29 is 18.7 Å². The van der Waals surface area contributed by atoms with Gasteiger partial charge in [0.1, 0.15) is 5.82 Å². The van der Waals surface area contributed by atoms with Gasteiger partial charge in [-0.1, -0.05) is 18.2 Å². The zero-order valence-electron chi connectivity index (χ0n) is 7.99. The van der Waals surface area contributed by atoms with E-state index in [-0.39, 0.29) is 5.56 Å². The molecule has 76 valence electrons. The Hall–Kier alpha value is -1.42. The summed E-state index contributed by atoms with van der Waals surface area (Å²) in [5.41, 5.74) is 0.182. The molecule has 0 spiro atoms. The minimum absolute atomic E-state index is 0.182. The predicted octanol–water partition coefficient (Wildman–Crippen LogP) is 1.69. The van der Waals surface area contributed by atoms with Crippen LogP contribution in [-0.2, 0) is 14.3 Å².